The van der Waals surface area contributed by atoms with Gasteiger partial charge in [-0.25, -0.2) is 0 Å². The van der Waals surface area contributed by atoms with Crippen molar-refractivity contribution in [3.8, 4) is 6.07 Å². The van der Waals surface area contributed by atoms with Crippen molar-refractivity contribution in [3.05, 3.63) is 0 Å². The molecule has 0 radical (unpaired) electrons. The number of carbonyl (C=O) groups excluding carboxylic acids is 2. The van der Waals surface area contributed by atoms with Gasteiger partial charge in [0.2, 0.25) is 11.8 Å². The van der Waals surface area contributed by atoms with E-state index in [0.29, 0.717) is 0 Å². The number of nitriles is 1. The Balaban J connectivity index is 2.57. The van der Waals surface area contributed by atoms with Gasteiger partial charge in [0.25, 0.3) is 0 Å². The lowest BCUT2D eigenvalue weighted by Gasteiger charge is -2.25. The second-order valence-electron chi connectivity index (χ2n) is 5.06. The molecule has 0 aliphatic heterocycles. The fourth-order valence-electron chi connectivity index (χ4n) is 2.39. The Labute approximate surface area is 108 Å². The number of nitrogens with one attached hydrogen (secondary N) is 1. The average Bonchev–Trinajstić information content (AvgIpc) is 2.36. The largest absolute Gasteiger partial charge is 0.368 e. The number of carbonyl (C=O) groups is 2. The van der Waals surface area contributed by atoms with E-state index in [9.17, 15) is 9.59 Å². The van der Waals surface area contributed by atoms with Gasteiger partial charge in [-0.05, 0) is 18.8 Å². The molecule has 18 heavy (non-hydrogen) atoms. The molecule has 0 aromatic carbocycles. The summed E-state index contributed by atoms with van der Waals surface area (Å²) in [5.74, 6) is -0.917. The second kappa shape index (κ2) is 7.00. The Morgan fingerprint density at radius 2 is 2.00 bits per heavy atom. The molecule has 0 aromatic rings. The summed E-state index contributed by atoms with van der Waals surface area (Å²) in [6.45, 7) is 1.75. The molecule has 1 saturated carbocycles. The summed E-state index contributed by atoms with van der Waals surface area (Å²) in [6, 6.07) is 1.26. The normalized spacial score (nSPS) is 19.6. The fourth-order valence-corrected chi connectivity index (χ4v) is 2.39. The lowest BCUT2D eigenvalue weighted by Crippen LogP contribution is -2.50. The van der Waals surface area contributed by atoms with Crippen molar-refractivity contribution >= 4 is 11.8 Å². The minimum Gasteiger partial charge on any atom is -0.368 e. The van der Waals surface area contributed by atoms with Crippen LogP contribution in [0.5, 0.6) is 0 Å². The van der Waals surface area contributed by atoms with Crippen molar-refractivity contribution in [1.29, 1.82) is 5.26 Å². The lowest BCUT2D eigenvalue weighted by atomic mass is 9.88. The summed E-state index contributed by atoms with van der Waals surface area (Å²) in [5, 5.41) is 11.3. The Morgan fingerprint density at radius 1 is 1.39 bits per heavy atom. The highest BCUT2D eigenvalue weighted by Crippen LogP contribution is 2.24. The van der Waals surface area contributed by atoms with E-state index in [2.05, 4.69) is 5.32 Å². The monoisotopic (exact) mass is 251 g/mol. The summed E-state index contributed by atoms with van der Waals surface area (Å²) >= 11 is 0. The number of amides is 2. The van der Waals surface area contributed by atoms with Gasteiger partial charge in [0.05, 0.1) is 6.07 Å². The molecule has 3 N–H and O–H groups in total. The van der Waals surface area contributed by atoms with Gasteiger partial charge in [-0.1, -0.05) is 26.2 Å². The SMILES string of the molecule is C[C@H](CC#N)[C@H](NC(=O)C1CCCCC1)C(N)=O. The molecule has 0 unspecified atom stereocenters. The first-order chi connectivity index (χ1) is 8.56. The van der Waals surface area contributed by atoms with Crippen LogP contribution >= 0.6 is 0 Å². The van der Waals surface area contributed by atoms with Crippen LogP contribution in [0.25, 0.3) is 0 Å². The van der Waals surface area contributed by atoms with Crippen molar-refractivity contribution in [2.45, 2.75) is 51.5 Å². The van der Waals surface area contributed by atoms with Gasteiger partial charge in [-0.2, -0.15) is 5.26 Å². The van der Waals surface area contributed by atoms with Crippen molar-refractivity contribution in [3.63, 3.8) is 0 Å². The van der Waals surface area contributed by atoms with Crippen LogP contribution < -0.4 is 11.1 Å². The molecule has 0 saturated heterocycles. The Bertz CT molecular complexity index is 343. The molecule has 1 aliphatic rings. The van der Waals surface area contributed by atoms with Crippen molar-refractivity contribution in [2.24, 2.45) is 17.6 Å². The third kappa shape index (κ3) is 4.02. The number of nitrogens with zero attached hydrogens (tertiary/aromatic N) is 1. The van der Waals surface area contributed by atoms with Crippen LogP contribution in [0, 0.1) is 23.2 Å². The molecule has 2 amide bonds. The zero-order chi connectivity index (χ0) is 13.5. The zero-order valence-corrected chi connectivity index (χ0v) is 10.8. The minimum absolute atomic E-state index is 0.00474. The maximum Gasteiger partial charge on any atom is 0.240 e. The molecular weight excluding hydrogens is 230 g/mol. The topological polar surface area (TPSA) is 96.0 Å². The summed E-state index contributed by atoms with van der Waals surface area (Å²) < 4.78 is 0. The molecule has 0 bridgehead atoms. The van der Waals surface area contributed by atoms with Gasteiger partial charge in [0.1, 0.15) is 6.04 Å². The summed E-state index contributed by atoms with van der Waals surface area (Å²) in [7, 11) is 0. The van der Waals surface area contributed by atoms with Crippen LogP contribution in [0.4, 0.5) is 0 Å². The molecule has 0 spiro atoms. The van der Waals surface area contributed by atoms with E-state index in [1.54, 1.807) is 6.92 Å². The number of primary amides is 1. The molecular formula is C13H21N3O2. The molecule has 0 aromatic heterocycles. The van der Waals surface area contributed by atoms with Crippen molar-refractivity contribution in [2.75, 3.05) is 0 Å². The lowest BCUT2D eigenvalue weighted by molar-refractivity contribution is -0.131. The maximum absolute atomic E-state index is 12.0. The van der Waals surface area contributed by atoms with Gasteiger partial charge in [-0.3, -0.25) is 9.59 Å². The van der Waals surface area contributed by atoms with Gasteiger partial charge >= 0.3 is 0 Å². The highest BCUT2D eigenvalue weighted by molar-refractivity contribution is 5.87. The van der Waals surface area contributed by atoms with Crippen molar-refractivity contribution in [1.82, 2.24) is 5.32 Å². The first-order valence-electron chi connectivity index (χ1n) is 6.53. The molecule has 0 heterocycles. The predicted molar refractivity (Wildman–Crippen MR) is 67.1 cm³/mol. The number of hydrogen-bond donors (Lipinski definition) is 2. The van der Waals surface area contributed by atoms with E-state index in [1.165, 1.54) is 6.42 Å². The summed E-state index contributed by atoms with van der Waals surface area (Å²) in [5.41, 5.74) is 5.28. The Hall–Kier alpha value is -1.57. The van der Waals surface area contributed by atoms with E-state index >= 15 is 0 Å². The third-order valence-electron chi connectivity index (χ3n) is 3.56. The zero-order valence-electron chi connectivity index (χ0n) is 10.8. The van der Waals surface area contributed by atoms with Crippen LogP contribution in [0.2, 0.25) is 0 Å². The number of nitrogens with two attached hydrogens (primary N) is 1. The van der Waals surface area contributed by atoms with Gasteiger partial charge in [0, 0.05) is 12.3 Å². The molecule has 2 atom stereocenters. The number of hydrogen-bond acceptors (Lipinski definition) is 3. The first-order valence-corrected chi connectivity index (χ1v) is 6.53. The Morgan fingerprint density at radius 3 is 2.50 bits per heavy atom. The van der Waals surface area contributed by atoms with Gasteiger partial charge < -0.3 is 11.1 Å². The molecule has 5 nitrogen and oxygen atoms in total. The van der Waals surface area contributed by atoms with E-state index in [0.717, 1.165) is 25.7 Å². The molecule has 1 fully saturated rings. The quantitative estimate of drug-likeness (QED) is 0.765. The van der Waals surface area contributed by atoms with Gasteiger partial charge in [0.15, 0.2) is 0 Å². The van der Waals surface area contributed by atoms with Crippen LogP contribution in [-0.2, 0) is 9.59 Å². The predicted octanol–water partition coefficient (Wildman–Crippen LogP) is 1.09. The highest BCUT2D eigenvalue weighted by Gasteiger charge is 2.28. The van der Waals surface area contributed by atoms with E-state index < -0.39 is 11.9 Å². The van der Waals surface area contributed by atoms with E-state index in [1.807, 2.05) is 6.07 Å². The molecule has 5 heteroatoms. The van der Waals surface area contributed by atoms with Crippen LogP contribution in [0.3, 0.4) is 0 Å². The smallest absolute Gasteiger partial charge is 0.240 e. The minimum atomic E-state index is -0.737. The second-order valence-corrected chi connectivity index (χ2v) is 5.06. The van der Waals surface area contributed by atoms with E-state index in [-0.39, 0.29) is 24.2 Å². The van der Waals surface area contributed by atoms with Crippen LogP contribution in [0.15, 0.2) is 0 Å². The van der Waals surface area contributed by atoms with E-state index in [4.69, 9.17) is 11.0 Å². The highest BCUT2D eigenvalue weighted by atomic mass is 16.2. The number of rotatable bonds is 5. The first kappa shape index (κ1) is 14.5. The fraction of sp³-hybridized carbons (Fsp3) is 0.769. The summed E-state index contributed by atoms with van der Waals surface area (Å²) in [6.07, 6.45) is 5.26. The average molecular weight is 251 g/mol. The van der Waals surface area contributed by atoms with Crippen LogP contribution in [-0.4, -0.2) is 17.9 Å². The summed E-state index contributed by atoms with van der Waals surface area (Å²) in [4.78, 5) is 23.4. The van der Waals surface area contributed by atoms with Crippen molar-refractivity contribution < 1.29 is 9.59 Å². The molecule has 1 aliphatic carbocycles. The Kier molecular flexibility index (Phi) is 5.63. The third-order valence-corrected chi connectivity index (χ3v) is 3.56. The molecule has 1 rings (SSSR count). The van der Waals surface area contributed by atoms with Gasteiger partial charge in [-0.15, -0.1) is 0 Å². The maximum atomic E-state index is 12.0. The molecule has 100 valence electrons. The van der Waals surface area contributed by atoms with Crippen LogP contribution in [0.1, 0.15) is 45.4 Å². The standard InChI is InChI=1S/C13H21N3O2/c1-9(7-8-14)11(12(15)17)16-13(18)10-5-3-2-4-6-10/h9-11H,2-7H2,1H3,(H2,15,17)(H,16,18)/t9-,11+/m1/s1.